The summed E-state index contributed by atoms with van der Waals surface area (Å²) in [4.78, 5) is 43.5. The molecule has 0 aliphatic carbocycles. The van der Waals surface area contributed by atoms with Gasteiger partial charge in [-0.25, -0.2) is 22.8 Å². The summed E-state index contributed by atoms with van der Waals surface area (Å²) in [6.07, 6.45) is 47.6. The molecule has 0 fully saturated rings. The number of nitrogens with zero attached hydrogens (tertiary/aromatic N) is 23. The first-order chi connectivity index (χ1) is 52.1. The molecule has 25 heteroatoms. The molecule has 0 N–H and O–H groups in total. The predicted molar refractivity (Wildman–Crippen MR) is 384 cm³/mol. The molecule has 5 aliphatic heterocycles. The summed E-state index contributed by atoms with van der Waals surface area (Å²) in [6, 6.07) is 30.6. The molecule has 0 radical (unpaired) electrons. The molecule has 0 amide bonds. The van der Waals surface area contributed by atoms with Crippen LogP contribution in [0.25, 0.3) is 144 Å². The second kappa shape index (κ2) is 21.8. The van der Waals surface area contributed by atoms with Crippen LogP contribution < -0.4 is 22.8 Å². The van der Waals surface area contributed by atoms with Gasteiger partial charge >= 0.3 is 5.71 Å². The largest absolute Gasteiger partial charge is 0.415 e. The molecule has 26 rings (SSSR count). The van der Waals surface area contributed by atoms with Crippen molar-refractivity contribution in [3.8, 4) is 62.1 Å². The van der Waals surface area contributed by atoms with Gasteiger partial charge in [0, 0.05) is 185 Å². The van der Waals surface area contributed by atoms with Crippen LogP contribution in [0, 0.1) is 0 Å². The third-order valence-corrected chi connectivity index (χ3v) is 21.6. The molecular weight excluding hydrogens is 1310 g/mol. The number of hydrogen-bond acceptors (Lipinski definition) is 12. The zero-order valence-electron chi connectivity index (χ0n) is 57.7. The minimum Gasteiger partial charge on any atom is -0.415 e. The van der Waals surface area contributed by atoms with E-state index in [1.54, 1.807) is 42.2 Å². The minimum atomic E-state index is -2.27. The molecule has 24 nitrogen and oxygen atoms in total. The molecule has 0 spiro atoms. The average molecular weight is 1370 g/mol. The third-order valence-electron chi connectivity index (χ3n) is 20.5. The maximum atomic E-state index is 7.98. The van der Waals surface area contributed by atoms with Crippen LogP contribution in [0.3, 0.4) is 0 Å². The van der Waals surface area contributed by atoms with E-state index in [0.717, 1.165) is 93.3 Å². The maximum Gasteiger partial charge on any atom is 0.344 e. The van der Waals surface area contributed by atoms with E-state index >= 15 is 0 Å². The Bertz CT molecular complexity index is 7240. The Morgan fingerprint density at radius 2 is 0.796 bits per heavy atom. The zero-order chi connectivity index (χ0) is 70.2. The Hall–Kier alpha value is -13.8. The molecule has 20 aromatic heterocycles. The highest BCUT2D eigenvalue weighted by Crippen LogP contribution is 2.39. The first-order valence-corrected chi connectivity index (χ1v) is 34.3. The van der Waals surface area contributed by atoms with Gasteiger partial charge in [0.2, 0.25) is 27.6 Å². The van der Waals surface area contributed by atoms with Gasteiger partial charge in [0.25, 0.3) is 48.1 Å². The van der Waals surface area contributed by atoms with E-state index in [1.807, 2.05) is 134 Å². The van der Waals surface area contributed by atoms with Gasteiger partial charge in [-0.15, -0.1) is 0 Å². The Kier molecular flexibility index (Phi) is 11.5. The van der Waals surface area contributed by atoms with Crippen molar-refractivity contribution in [3.05, 3.63) is 274 Å². The predicted octanol–water partition coefficient (Wildman–Crippen LogP) is 10.1. The van der Waals surface area contributed by atoms with E-state index in [-0.39, 0.29) is 0 Å². The van der Waals surface area contributed by atoms with E-state index in [1.165, 1.54) is 98.1 Å². The molecule has 1 aromatic carbocycles. The molecule has 0 atom stereocenters. The number of pyridine rings is 10. The summed E-state index contributed by atoms with van der Waals surface area (Å²) in [5.41, 5.74) is 30.9. The lowest BCUT2D eigenvalue weighted by atomic mass is 10.1. The number of imidazole rings is 8. The van der Waals surface area contributed by atoms with Gasteiger partial charge in [-0.05, 0) is 60.7 Å². The molecule has 0 saturated carbocycles. The van der Waals surface area contributed by atoms with Crippen molar-refractivity contribution in [2.75, 3.05) is 0 Å². The van der Waals surface area contributed by atoms with Crippen molar-refractivity contribution < 1.29 is 31.4 Å². The van der Waals surface area contributed by atoms with Crippen LogP contribution in [-0.2, 0) is 46.7 Å². The summed E-state index contributed by atoms with van der Waals surface area (Å²) in [5, 5.41) is 0. The van der Waals surface area contributed by atoms with Crippen molar-refractivity contribution in [2.45, 2.75) is 32.7 Å². The lowest BCUT2D eigenvalue weighted by Crippen LogP contribution is -2.29. The van der Waals surface area contributed by atoms with E-state index in [4.69, 9.17) is 8.53 Å². The van der Waals surface area contributed by atoms with Crippen LogP contribution in [0.15, 0.2) is 251 Å². The zero-order valence-corrected chi connectivity index (χ0v) is 55.5. The van der Waals surface area contributed by atoms with Crippen LogP contribution in [0.5, 0.6) is 0 Å². The highest BCUT2D eigenvalue weighted by molar-refractivity contribution is 7.23. The molecule has 0 unspecified atom stereocenters. The number of thiazole rings is 1. The van der Waals surface area contributed by atoms with Crippen molar-refractivity contribution in [3.63, 3.8) is 0 Å². The standard InChI is InChI=1S/C20H14N5.2C15H12N5.C14H9N4O.C14H9N4S/c1-2-4-15(5-3-1)25-17-7-9-22-11-18(17)24-13-23-12-14-10-21-8-6-16(14)19(23)20(24)25;2*1-18-12-3-5-17-7-13(12)20-9-19-8-10-6-16-4-2-11(10)14(19)15(18)20;1-3-15-5-9-7-17-8-18-11-6-16-4-2-12(11)19-14(18)13(17)10(1)9;1-3-15-5-9-7-17-8-13-18(14(17)10(1)9)11-2-4-16-6-12(11)19-13/h1-11,13H,12H2;2*2-7,9H,8H2,1H3;2*1-6,8H,7H2/q5*+1/i;1D3;;;. The molecule has 103 heavy (non-hydrogen) atoms. The number of para-hydroxylation sites is 1. The summed E-state index contributed by atoms with van der Waals surface area (Å²) in [7, 11) is 2.11. The second-order valence-electron chi connectivity index (χ2n) is 26.1. The van der Waals surface area contributed by atoms with E-state index in [2.05, 4.69) is 192 Å². The van der Waals surface area contributed by atoms with Gasteiger partial charge in [0.05, 0.1) is 46.1 Å². The van der Waals surface area contributed by atoms with E-state index in [0.29, 0.717) is 17.7 Å². The third kappa shape index (κ3) is 8.35. The quantitative estimate of drug-likeness (QED) is 0.142. The molecule has 5 aliphatic rings. The fourth-order valence-electron chi connectivity index (χ4n) is 16.1. The first kappa shape index (κ1) is 54.1. The monoisotopic (exact) mass is 1370 g/mol. The first-order valence-electron chi connectivity index (χ1n) is 35.0. The number of rotatable bonds is 1. The Labute approximate surface area is 590 Å². The topological polar surface area (TPSA) is 198 Å². The fourth-order valence-corrected chi connectivity index (χ4v) is 17.2. The summed E-state index contributed by atoms with van der Waals surface area (Å²) >= 11 is 1.78. The summed E-state index contributed by atoms with van der Waals surface area (Å²) in [5.74, 6) is 1.25. The summed E-state index contributed by atoms with van der Waals surface area (Å²) in [6.45, 7) is 1.94. The van der Waals surface area contributed by atoms with Gasteiger partial charge in [0.1, 0.15) is 44.4 Å². The SMILES string of the molecule is Cn1c2ccncc2n2c[n+]3c(c12)-c1ccncc1C3.[2H]C([2H])([2H])n1c2ccncc2n2c[n+]3c(c12)-c1ccncc1C3.c1cc2c(cn1)C[n+]1cc3sc4cnccc4n3c1-2.c1cc2c(cn1)C[n+]1cn3c(oc4ccncc43)c1-2.c1ccc(-n2c3ccncc3n3c[n+]4c(c23)-c2ccncc2C4)cc1. The molecule has 0 saturated heterocycles. The maximum absolute atomic E-state index is 7.98. The molecule has 21 aromatic rings. The van der Waals surface area contributed by atoms with Crippen LogP contribution in [0.1, 0.15) is 31.9 Å². The number of oxazole rings is 1. The highest BCUT2D eigenvalue weighted by atomic mass is 32.1. The van der Waals surface area contributed by atoms with Crippen molar-refractivity contribution in [1.29, 1.82) is 0 Å². The van der Waals surface area contributed by atoms with E-state index < -0.39 is 6.98 Å². The number of aromatic nitrogens is 23. The number of fused-ring (bicyclic) bond motifs is 35. The smallest absolute Gasteiger partial charge is 0.344 e. The molecule has 0 bridgehead atoms. The highest BCUT2D eigenvalue weighted by Gasteiger charge is 2.38. The van der Waals surface area contributed by atoms with Crippen molar-refractivity contribution >= 4 is 93.2 Å². The lowest BCUT2D eigenvalue weighted by molar-refractivity contribution is -0.671. The Morgan fingerprint density at radius 1 is 0.379 bits per heavy atom. The molecule has 25 heterocycles. The molecular formula is C78H56N23OS+5. The van der Waals surface area contributed by atoms with Gasteiger partial charge in [-0.3, -0.25) is 54.4 Å². The van der Waals surface area contributed by atoms with Gasteiger partial charge in [-0.1, -0.05) is 29.5 Å². The van der Waals surface area contributed by atoms with Crippen LogP contribution in [0.2, 0.25) is 0 Å². The number of aryl methyl sites for hydroxylation is 2. The van der Waals surface area contributed by atoms with Crippen molar-refractivity contribution in [1.82, 2.24) is 85.5 Å². The van der Waals surface area contributed by atoms with Crippen LogP contribution in [0.4, 0.5) is 0 Å². The Morgan fingerprint density at radius 3 is 1.38 bits per heavy atom. The normalized spacial score (nSPS) is 13.5. The Balaban J connectivity index is 0.0000000830. The minimum absolute atomic E-state index is 0.654. The van der Waals surface area contributed by atoms with Crippen LogP contribution in [-0.4, -0.2) is 85.5 Å². The lowest BCUT2D eigenvalue weighted by Gasteiger charge is -2.04. The van der Waals surface area contributed by atoms with Gasteiger partial charge in [0.15, 0.2) is 33.2 Å². The second-order valence-corrected chi connectivity index (χ2v) is 27.2. The fraction of sp³-hybridized carbons (Fsp3) is 0.0897. The number of hydrogen-bond donors (Lipinski definition) is 0. The van der Waals surface area contributed by atoms with Crippen LogP contribution >= 0.6 is 11.3 Å². The summed E-state index contributed by atoms with van der Waals surface area (Å²) < 4.78 is 59.0. The van der Waals surface area contributed by atoms with E-state index in [9.17, 15) is 0 Å². The van der Waals surface area contributed by atoms with Gasteiger partial charge in [-0.2, -0.15) is 22.0 Å². The molecule has 490 valence electrons. The van der Waals surface area contributed by atoms with Crippen molar-refractivity contribution in [2.24, 2.45) is 14.0 Å². The number of benzene rings is 1. The average Bonchev–Trinajstić information content (AvgIpc) is 1.58. The van der Waals surface area contributed by atoms with Gasteiger partial charge < -0.3 is 13.6 Å².